The molecule has 0 saturated heterocycles. The van der Waals surface area contributed by atoms with Crippen molar-refractivity contribution in [3.05, 3.63) is 29.8 Å². The summed E-state index contributed by atoms with van der Waals surface area (Å²) in [7, 11) is 1.27. The molecule has 0 radical (unpaired) electrons. The second-order valence-corrected chi connectivity index (χ2v) is 3.59. The number of ether oxygens (including phenoxy) is 3. The lowest BCUT2D eigenvalue weighted by atomic mass is 10.1. The van der Waals surface area contributed by atoms with Gasteiger partial charge in [-0.25, -0.2) is 4.79 Å². The number of esters is 2. The van der Waals surface area contributed by atoms with Crippen molar-refractivity contribution in [1.29, 1.82) is 0 Å². The zero-order valence-corrected chi connectivity index (χ0v) is 10.7. The van der Waals surface area contributed by atoms with Crippen LogP contribution in [0.2, 0.25) is 0 Å². The summed E-state index contributed by atoms with van der Waals surface area (Å²) in [5.41, 5.74) is 0.395. The van der Waals surface area contributed by atoms with Crippen LogP contribution in [0.3, 0.4) is 0 Å². The Morgan fingerprint density at radius 1 is 1.05 bits per heavy atom. The van der Waals surface area contributed by atoms with Gasteiger partial charge in [0.2, 0.25) is 0 Å². The van der Waals surface area contributed by atoms with Crippen molar-refractivity contribution in [2.45, 2.75) is 6.92 Å². The van der Waals surface area contributed by atoms with Crippen molar-refractivity contribution in [1.82, 2.24) is 0 Å². The molecule has 1 rings (SSSR count). The van der Waals surface area contributed by atoms with E-state index >= 15 is 0 Å². The van der Waals surface area contributed by atoms with E-state index in [4.69, 9.17) is 4.74 Å². The molecule has 0 N–H and O–H groups in total. The Morgan fingerprint density at radius 3 is 2.21 bits per heavy atom. The van der Waals surface area contributed by atoms with Gasteiger partial charge in [-0.3, -0.25) is 9.59 Å². The zero-order chi connectivity index (χ0) is 14.3. The molecule has 0 atom stereocenters. The minimum atomic E-state index is -0.508. The van der Waals surface area contributed by atoms with Gasteiger partial charge in [-0.1, -0.05) is 0 Å². The van der Waals surface area contributed by atoms with E-state index in [9.17, 15) is 14.4 Å². The fourth-order valence-corrected chi connectivity index (χ4v) is 1.19. The van der Waals surface area contributed by atoms with Crippen LogP contribution in [0.25, 0.3) is 0 Å². The molecule has 1 aromatic rings. The third-order valence-electron chi connectivity index (χ3n) is 2.17. The smallest absolute Gasteiger partial charge is 0.343 e. The molecule has 0 aliphatic carbocycles. The van der Waals surface area contributed by atoms with Crippen molar-refractivity contribution < 1.29 is 28.6 Å². The first-order valence-corrected chi connectivity index (χ1v) is 5.49. The molecule has 6 heteroatoms. The van der Waals surface area contributed by atoms with Crippen molar-refractivity contribution in [3.8, 4) is 5.75 Å². The molecule has 0 amide bonds. The number of hydrogen-bond acceptors (Lipinski definition) is 6. The van der Waals surface area contributed by atoms with E-state index in [1.807, 2.05) is 0 Å². The summed E-state index contributed by atoms with van der Waals surface area (Å²) in [5.74, 6) is -0.870. The van der Waals surface area contributed by atoms with Gasteiger partial charge in [0.25, 0.3) is 0 Å². The fraction of sp³-hybridized carbons (Fsp3) is 0.308. The monoisotopic (exact) mass is 266 g/mol. The van der Waals surface area contributed by atoms with E-state index in [0.29, 0.717) is 11.3 Å². The normalized spacial score (nSPS) is 9.58. The molecule has 6 nitrogen and oxygen atoms in total. The molecule has 19 heavy (non-hydrogen) atoms. The SMILES string of the molecule is COC(=O)COc1ccc(C(=O)COC(C)=O)cc1. The molecule has 102 valence electrons. The Labute approximate surface area is 110 Å². The highest BCUT2D eigenvalue weighted by Gasteiger charge is 2.08. The highest BCUT2D eigenvalue weighted by molar-refractivity contribution is 5.97. The number of rotatable bonds is 6. The van der Waals surface area contributed by atoms with Crippen LogP contribution in [-0.4, -0.2) is 38.0 Å². The molecule has 1 aromatic carbocycles. The summed E-state index contributed by atoms with van der Waals surface area (Å²) in [4.78, 5) is 33.0. The van der Waals surface area contributed by atoms with E-state index in [-0.39, 0.29) is 19.0 Å². The third kappa shape index (κ3) is 5.20. The van der Waals surface area contributed by atoms with E-state index in [1.165, 1.54) is 26.2 Å². The number of methoxy groups -OCH3 is 1. The molecule has 0 fully saturated rings. The molecular weight excluding hydrogens is 252 g/mol. The van der Waals surface area contributed by atoms with Crippen molar-refractivity contribution in [2.75, 3.05) is 20.3 Å². The van der Waals surface area contributed by atoms with Crippen LogP contribution >= 0.6 is 0 Å². The lowest BCUT2D eigenvalue weighted by Gasteiger charge is -2.06. The predicted molar refractivity (Wildman–Crippen MR) is 64.9 cm³/mol. The predicted octanol–water partition coefficient (Wildman–Crippen LogP) is 0.984. The Morgan fingerprint density at radius 2 is 1.68 bits per heavy atom. The van der Waals surface area contributed by atoms with E-state index in [2.05, 4.69) is 9.47 Å². The van der Waals surface area contributed by atoms with Crippen LogP contribution in [0.15, 0.2) is 24.3 Å². The molecule has 0 bridgehead atoms. The lowest BCUT2D eigenvalue weighted by molar-refractivity contribution is -0.143. The first-order chi connectivity index (χ1) is 9.02. The van der Waals surface area contributed by atoms with Gasteiger partial charge < -0.3 is 14.2 Å². The summed E-state index contributed by atoms with van der Waals surface area (Å²) in [6.45, 7) is 0.742. The number of benzene rings is 1. The molecule has 0 heterocycles. The maximum Gasteiger partial charge on any atom is 0.343 e. The quantitative estimate of drug-likeness (QED) is 0.564. The number of ketones is 1. The van der Waals surface area contributed by atoms with E-state index < -0.39 is 11.9 Å². The van der Waals surface area contributed by atoms with Crippen molar-refractivity contribution in [3.63, 3.8) is 0 Å². The first kappa shape index (κ1) is 14.7. The average Bonchev–Trinajstić information content (AvgIpc) is 2.42. The van der Waals surface area contributed by atoms with Gasteiger partial charge in [0, 0.05) is 12.5 Å². The highest BCUT2D eigenvalue weighted by Crippen LogP contribution is 2.12. The lowest BCUT2D eigenvalue weighted by Crippen LogP contribution is -2.13. The second-order valence-electron chi connectivity index (χ2n) is 3.59. The van der Waals surface area contributed by atoms with E-state index in [0.717, 1.165) is 0 Å². The largest absolute Gasteiger partial charge is 0.482 e. The van der Waals surface area contributed by atoms with Crippen LogP contribution in [0.1, 0.15) is 17.3 Å². The second kappa shape index (κ2) is 7.15. The fourth-order valence-electron chi connectivity index (χ4n) is 1.19. The van der Waals surface area contributed by atoms with Crippen LogP contribution in [0.4, 0.5) is 0 Å². The van der Waals surface area contributed by atoms with Gasteiger partial charge in [-0.05, 0) is 24.3 Å². The van der Waals surface area contributed by atoms with Crippen LogP contribution in [0, 0.1) is 0 Å². The zero-order valence-electron chi connectivity index (χ0n) is 10.7. The van der Waals surface area contributed by atoms with Crippen LogP contribution in [-0.2, 0) is 19.1 Å². The van der Waals surface area contributed by atoms with Gasteiger partial charge in [-0.15, -0.1) is 0 Å². The molecule has 0 aromatic heterocycles. The molecule has 0 spiro atoms. The van der Waals surface area contributed by atoms with Crippen LogP contribution < -0.4 is 4.74 Å². The minimum Gasteiger partial charge on any atom is -0.482 e. The third-order valence-corrected chi connectivity index (χ3v) is 2.17. The Bertz CT molecular complexity index is 463. The van der Waals surface area contributed by atoms with Crippen LogP contribution in [0.5, 0.6) is 5.75 Å². The van der Waals surface area contributed by atoms with Crippen molar-refractivity contribution in [2.24, 2.45) is 0 Å². The summed E-state index contributed by atoms with van der Waals surface area (Å²) >= 11 is 0. The first-order valence-electron chi connectivity index (χ1n) is 5.49. The Balaban J connectivity index is 2.53. The summed E-state index contributed by atoms with van der Waals surface area (Å²) in [5, 5.41) is 0. The van der Waals surface area contributed by atoms with Gasteiger partial charge in [-0.2, -0.15) is 0 Å². The molecule has 0 aliphatic rings. The molecule has 0 aliphatic heterocycles. The number of hydrogen-bond donors (Lipinski definition) is 0. The maximum absolute atomic E-state index is 11.6. The Kier molecular flexibility index (Phi) is 5.53. The van der Waals surface area contributed by atoms with Gasteiger partial charge in [0.1, 0.15) is 5.75 Å². The molecule has 0 unspecified atom stereocenters. The number of carbonyl (C=O) groups excluding carboxylic acids is 3. The number of Topliss-reactive ketones (excluding diaryl/α,β-unsaturated/α-hetero) is 1. The van der Waals surface area contributed by atoms with Gasteiger partial charge in [0.15, 0.2) is 19.0 Å². The number of carbonyl (C=O) groups is 3. The van der Waals surface area contributed by atoms with Gasteiger partial charge in [0.05, 0.1) is 7.11 Å². The van der Waals surface area contributed by atoms with Crippen molar-refractivity contribution >= 4 is 17.7 Å². The van der Waals surface area contributed by atoms with Gasteiger partial charge >= 0.3 is 11.9 Å². The maximum atomic E-state index is 11.6. The highest BCUT2D eigenvalue weighted by atomic mass is 16.6. The average molecular weight is 266 g/mol. The minimum absolute atomic E-state index is 0.197. The molecule has 0 saturated carbocycles. The van der Waals surface area contributed by atoms with E-state index in [1.54, 1.807) is 12.1 Å². The summed E-state index contributed by atoms with van der Waals surface area (Å²) in [6.07, 6.45) is 0. The standard InChI is InChI=1S/C13H14O6/c1-9(14)18-7-12(15)10-3-5-11(6-4-10)19-8-13(16)17-2/h3-6H,7-8H2,1-2H3. The Hall–Kier alpha value is -2.37. The molecular formula is C13H14O6. The topological polar surface area (TPSA) is 78.9 Å². The summed E-state index contributed by atoms with van der Waals surface area (Å²) < 4.78 is 14.1. The summed E-state index contributed by atoms with van der Waals surface area (Å²) in [6, 6.07) is 6.14.